The van der Waals surface area contributed by atoms with Crippen LogP contribution < -0.4 is 5.32 Å². The fourth-order valence-electron chi connectivity index (χ4n) is 1.98. The van der Waals surface area contributed by atoms with Gasteiger partial charge >= 0.3 is 0 Å². The van der Waals surface area contributed by atoms with Crippen molar-refractivity contribution < 1.29 is 14.3 Å². The molecule has 0 spiro atoms. The molecule has 0 bridgehead atoms. The fraction of sp³-hybridized carbons (Fsp3) is 0.474. The monoisotopic (exact) mass is 317 g/mol. The molecule has 1 N–H and O–H groups in total. The molecule has 126 valence electrons. The Morgan fingerprint density at radius 3 is 2.35 bits per heavy atom. The van der Waals surface area contributed by atoms with Gasteiger partial charge in [0.15, 0.2) is 5.78 Å². The van der Waals surface area contributed by atoms with Gasteiger partial charge in [0, 0.05) is 12.0 Å². The van der Waals surface area contributed by atoms with E-state index in [1.807, 2.05) is 45.9 Å². The molecule has 0 radical (unpaired) electrons. The van der Waals surface area contributed by atoms with Gasteiger partial charge in [-0.2, -0.15) is 0 Å². The number of hydrogen-bond donors (Lipinski definition) is 1. The Morgan fingerprint density at radius 2 is 1.78 bits per heavy atom. The third-order valence-electron chi connectivity index (χ3n) is 3.51. The first-order valence-corrected chi connectivity index (χ1v) is 7.82. The van der Waals surface area contributed by atoms with Crippen LogP contribution in [-0.4, -0.2) is 29.4 Å². The number of rotatable bonds is 9. The molecule has 1 amide bonds. The first-order chi connectivity index (χ1) is 10.7. The van der Waals surface area contributed by atoms with Crippen LogP contribution in [0.3, 0.4) is 0 Å². The quantitative estimate of drug-likeness (QED) is 0.709. The van der Waals surface area contributed by atoms with Crippen LogP contribution in [0, 0.1) is 0 Å². The Hall–Kier alpha value is -1.94. The van der Waals surface area contributed by atoms with E-state index in [4.69, 9.17) is 4.74 Å². The zero-order valence-electron chi connectivity index (χ0n) is 14.5. The van der Waals surface area contributed by atoms with Crippen molar-refractivity contribution in [3.05, 3.63) is 48.6 Å². The largest absolute Gasteiger partial charge is 0.373 e. The second-order valence-electron chi connectivity index (χ2n) is 6.92. The first kappa shape index (κ1) is 19.1. The fourth-order valence-corrected chi connectivity index (χ4v) is 1.98. The normalized spacial score (nSPS) is 11.8. The highest BCUT2D eigenvalue weighted by atomic mass is 16.5. The summed E-state index contributed by atoms with van der Waals surface area (Å²) in [5, 5.41) is 2.97. The number of ketones is 1. The molecule has 0 aliphatic heterocycles. The lowest BCUT2D eigenvalue weighted by atomic mass is 9.99. The summed E-state index contributed by atoms with van der Waals surface area (Å²) < 4.78 is 5.92. The molecular formula is C19H27NO3. The summed E-state index contributed by atoms with van der Waals surface area (Å²) in [6.45, 7) is 11.5. The Bertz CT molecular complexity index is 547. The van der Waals surface area contributed by atoms with Crippen LogP contribution in [0.25, 0.3) is 0 Å². The van der Waals surface area contributed by atoms with Crippen molar-refractivity contribution in [2.45, 2.75) is 51.7 Å². The van der Waals surface area contributed by atoms with Crippen molar-refractivity contribution in [2.75, 3.05) is 6.61 Å². The van der Waals surface area contributed by atoms with E-state index >= 15 is 0 Å². The van der Waals surface area contributed by atoms with Gasteiger partial charge in [-0.1, -0.05) is 24.8 Å². The molecule has 1 aromatic rings. The summed E-state index contributed by atoms with van der Waals surface area (Å²) in [4.78, 5) is 23.5. The van der Waals surface area contributed by atoms with Crippen LogP contribution in [0.1, 0.15) is 50.9 Å². The number of carbonyl (C=O) groups excluding carboxylic acids is 2. The highest BCUT2D eigenvalue weighted by molar-refractivity contribution is 5.94. The minimum Gasteiger partial charge on any atom is -0.373 e. The van der Waals surface area contributed by atoms with E-state index in [1.54, 1.807) is 12.1 Å². The number of ether oxygens (including phenoxy) is 1. The summed E-state index contributed by atoms with van der Waals surface area (Å²) in [6.07, 6.45) is 2.36. The average molecular weight is 317 g/mol. The van der Waals surface area contributed by atoms with Gasteiger partial charge in [-0.3, -0.25) is 9.59 Å². The lowest BCUT2D eigenvalue weighted by Gasteiger charge is -2.32. The molecule has 0 aliphatic rings. The summed E-state index contributed by atoms with van der Waals surface area (Å²) in [6, 6.07) is 9.09. The summed E-state index contributed by atoms with van der Waals surface area (Å²) in [5.41, 5.74) is -0.323. The molecule has 0 heterocycles. The Labute approximate surface area is 138 Å². The number of amides is 1. The molecule has 0 aliphatic carbocycles. The minimum absolute atomic E-state index is 0.0123. The summed E-state index contributed by atoms with van der Waals surface area (Å²) >= 11 is 0. The summed E-state index contributed by atoms with van der Waals surface area (Å²) in [7, 11) is 0. The second-order valence-corrected chi connectivity index (χ2v) is 6.92. The first-order valence-electron chi connectivity index (χ1n) is 7.82. The zero-order chi connectivity index (χ0) is 17.5. The standard InChI is InChI=1S/C19H27NO3/c1-6-16(21)12-13-19(4,5)23-14-18(2,3)20-17(22)15-10-8-7-9-11-15/h6-11H,1,12-14H2,2-5H3,(H,20,22). The van der Waals surface area contributed by atoms with Crippen molar-refractivity contribution in [2.24, 2.45) is 0 Å². The number of nitrogens with one attached hydrogen (secondary N) is 1. The van der Waals surface area contributed by atoms with E-state index in [2.05, 4.69) is 11.9 Å². The zero-order valence-corrected chi connectivity index (χ0v) is 14.5. The van der Waals surface area contributed by atoms with E-state index in [-0.39, 0.29) is 11.7 Å². The Balaban J connectivity index is 2.52. The van der Waals surface area contributed by atoms with Crippen LogP contribution >= 0.6 is 0 Å². The van der Waals surface area contributed by atoms with Crippen molar-refractivity contribution in [3.63, 3.8) is 0 Å². The molecule has 1 rings (SSSR count). The Morgan fingerprint density at radius 1 is 1.17 bits per heavy atom. The average Bonchev–Trinajstić information content (AvgIpc) is 2.51. The number of carbonyl (C=O) groups is 2. The predicted octanol–water partition coefficient (Wildman–Crippen LogP) is 3.53. The van der Waals surface area contributed by atoms with Crippen molar-refractivity contribution in [3.8, 4) is 0 Å². The number of benzene rings is 1. The molecule has 0 unspecified atom stereocenters. The molecule has 4 nitrogen and oxygen atoms in total. The maximum atomic E-state index is 12.2. The van der Waals surface area contributed by atoms with E-state index in [0.29, 0.717) is 25.0 Å². The van der Waals surface area contributed by atoms with Crippen molar-refractivity contribution in [1.29, 1.82) is 0 Å². The third-order valence-corrected chi connectivity index (χ3v) is 3.51. The molecular weight excluding hydrogens is 290 g/mol. The topological polar surface area (TPSA) is 55.4 Å². The van der Waals surface area contributed by atoms with E-state index in [0.717, 1.165) is 0 Å². The maximum Gasteiger partial charge on any atom is 0.251 e. The molecule has 0 fully saturated rings. The van der Waals surface area contributed by atoms with Gasteiger partial charge in [-0.25, -0.2) is 0 Å². The molecule has 0 saturated heterocycles. The van der Waals surface area contributed by atoms with Gasteiger partial charge in [0.25, 0.3) is 5.91 Å². The van der Waals surface area contributed by atoms with Crippen molar-refractivity contribution >= 4 is 11.7 Å². The molecule has 0 saturated carbocycles. The van der Waals surface area contributed by atoms with E-state index in [9.17, 15) is 9.59 Å². The van der Waals surface area contributed by atoms with Gasteiger partial charge < -0.3 is 10.1 Å². The van der Waals surface area contributed by atoms with Crippen molar-refractivity contribution in [1.82, 2.24) is 5.32 Å². The SMILES string of the molecule is C=CC(=O)CCC(C)(C)OCC(C)(C)NC(=O)c1ccccc1. The van der Waals surface area contributed by atoms with Crippen LogP contribution in [-0.2, 0) is 9.53 Å². The Kier molecular flexibility index (Phi) is 6.70. The number of hydrogen-bond acceptors (Lipinski definition) is 3. The highest BCUT2D eigenvalue weighted by Gasteiger charge is 2.26. The smallest absolute Gasteiger partial charge is 0.251 e. The lowest BCUT2D eigenvalue weighted by Crippen LogP contribution is -2.48. The second kappa shape index (κ2) is 8.06. The summed E-state index contributed by atoms with van der Waals surface area (Å²) in [5.74, 6) is -0.114. The van der Waals surface area contributed by atoms with Gasteiger partial charge in [0.05, 0.1) is 17.7 Å². The number of allylic oxidation sites excluding steroid dienone is 1. The van der Waals surface area contributed by atoms with E-state index in [1.165, 1.54) is 6.08 Å². The molecule has 4 heteroatoms. The predicted molar refractivity (Wildman–Crippen MR) is 92.5 cm³/mol. The van der Waals surface area contributed by atoms with Crippen LogP contribution in [0.2, 0.25) is 0 Å². The maximum absolute atomic E-state index is 12.2. The van der Waals surface area contributed by atoms with Gasteiger partial charge in [0.2, 0.25) is 0 Å². The van der Waals surface area contributed by atoms with Gasteiger partial charge in [-0.05, 0) is 52.3 Å². The minimum atomic E-state index is -0.507. The highest BCUT2D eigenvalue weighted by Crippen LogP contribution is 2.19. The molecule has 1 aromatic carbocycles. The van der Waals surface area contributed by atoms with E-state index < -0.39 is 11.1 Å². The van der Waals surface area contributed by atoms with Crippen LogP contribution in [0.4, 0.5) is 0 Å². The van der Waals surface area contributed by atoms with Gasteiger partial charge in [-0.15, -0.1) is 0 Å². The lowest BCUT2D eigenvalue weighted by molar-refractivity contribution is -0.116. The molecule has 23 heavy (non-hydrogen) atoms. The third kappa shape index (κ3) is 7.24. The van der Waals surface area contributed by atoms with Gasteiger partial charge in [0.1, 0.15) is 0 Å². The van der Waals surface area contributed by atoms with Crippen LogP contribution in [0.15, 0.2) is 43.0 Å². The van der Waals surface area contributed by atoms with Crippen LogP contribution in [0.5, 0.6) is 0 Å². The molecule has 0 atom stereocenters. The molecule has 0 aromatic heterocycles.